The number of esters is 1. The molecule has 4 nitrogen and oxygen atoms in total. The topological polar surface area (TPSA) is 55.4 Å². The molecule has 1 heterocycles. The molecule has 0 aromatic rings. The molecule has 0 saturated carbocycles. The van der Waals surface area contributed by atoms with E-state index in [0.29, 0.717) is 13.0 Å². The summed E-state index contributed by atoms with van der Waals surface area (Å²) in [7, 11) is 1.30. The van der Waals surface area contributed by atoms with E-state index in [1.807, 2.05) is 13.8 Å². The molecular formula is C9H16ClNO3. The maximum Gasteiger partial charge on any atom is 0.317 e. The Morgan fingerprint density at radius 2 is 2.14 bits per heavy atom. The van der Waals surface area contributed by atoms with Crippen molar-refractivity contribution >= 4 is 24.2 Å². The van der Waals surface area contributed by atoms with E-state index in [2.05, 4.69) is 10.1 Å². The highest BCUT2D eigenvalue weighted by Crippen LogP contribution is 2.19. The lowest BCUT2D eigenvalue weighted by molar-refractivity contribution is -0.150. The highest BCUT2D eigenvalue weighted by molar-refractivity contribution is 6.00. The number of methoxy groups -OCH3 is 1. The van der Waals surface area contributed by atoms with Gasteiger partial charge in [0.05, 0.1) is 7.11 Å². The smallest absolute Gasteiger partial charge is 0.317 e. The van der Waals surface area contributed by atoms with E-state index in [-0.39, 0.29) is 23.7 Å². The lowest BCUT2D eigenvalue weighted by Gasteiger charge is -2.33. The van der Waals surface area contributed by atoms with E-state index in [4.69, 9.17) is 0 Å². The third kappa shape index (κ3) is 2.96. The van der Waals surface area contributed by atoms with Crippen LogP contribution in [0.1, 0.15) is 20.3 Å². The van der Waals surface area contributed by atoms with Gasteiger partial charge in [-0.15, -0.1) is 12.4 Å². The highest BCUT2D eigenvalue weighted by Gasteiger charge is 2.37. The molecule has 14 heavy (non-hydrogen) atoms. The summed E-state index contributed by atoms with van der Waals surface area (Å²) in [6.07, 6.45) is 0.382. The molecular weight excluding hydrogens is 206 g/mol. The summed E-state index contributed by atoms with van der Waals surface area (Å²) in [6, 6.07) is 0. The Morgan fingerprint density at radius 3 is 2.57 bits per heavy atom. The van der Waals surface area contributed by atoms with E-state index in [0.717, 1.165) is 0 Å². The molecule has 1 aliphatic heterocycles. The number of carbonyl (C=O) groups excluding carboxylic acids is 2. The Bertz CT molecular complexity index is 240. The van der Waals surface area contributed by atoms with Gasteiger partial charge in [-0.2, -0.15) is 0 Å². The molecule has 0 radical (unpaired) electrons. The zero-order valence-corrected chi connectivity index (χ0v) is 9.44. The van der Waals surface area contributed by atoms with Gasteiger partial charge in [0.2, 0.25) is 0 Å². The van der Waals surface area contributed by atoms with E-state index >= 15 is 0 Å². The van der Waals surface area contributed by atoms with Crippen LogP contribution in [0.5, 0.6) is 0 Å². The monoisotopic (exact) mass is 221 g/mol. The van der Waals surface area contributed by atoms with Crippen molar-refractivity contribution in [2.45, 2.75) is 25.8 Å². The summed E-state index contributed by atoms with van der Waals surface area (Å²) in [6.45, 7) is 4.27. The normalized spacial score (nSPS) is 25.1. The summed E-state index contributed by atoms with van der Waals surface area (Å²) in [5.41, 5.74) is -0.193. The van der Waals surface area contributed by atoms with E-state index in [1.54, 1.807) is 0 Å². The number of Topliss-reactive ketones (excluding diaryl/α,β-unsaturated/α-hetero) is 1. The first kappa shape index (κ1) is 13.4. The number of hydrogen-bond acceptors (Lipinski definition) is 4. The van der Waals surface area contributed by atoms with Crippen LogP contribution in [0.25, 0.3) is 0 Å². The van der Waals surface area contributed by atoms with Crippen LogP contribution < -0.4 is 5.32 Å². The number of hydrogen-bond donors (Lipinski definition) is 1. The molecule has 1 unspecified atom stereocenters. The number of carbonyl (C=O) groups is 2. The van der Waals surface area contributed by atoms with Crippen LogP contribution in [-0.2, 0) is 14.3 Å². The Morgan fingerprint density at radius 1 is 1.57 bits per heavy atom. The molecule has 0 aliphatic carbocycles. The van der Waals surface area contributed by atoms with Gasteiger partial charge in [0, 0.05) is 18.5 Å². The van der Waals surface area contributed by atoms with E-state index < -0.39 is 11.9 Å². The molecule has 1 fully saturated rings. The maximum atomic E-state index is 11.5. The Balaban J connectivity index is 0.00000169. The van der Waals surface area contributed by atoms with Crippen LogP contribution in [0.15, 0.2) is 0 Å². The molecule has 0 amide bonds. The molecule has 1 atom stereocenters. The quantitative estimate of drug-likeness (QED) is 0.519. The van der Waals surface area contributed by atoms with Gasteiger partial charge in [-0.25, -0.2) is 0 Å². The lowest BCUT2D eigenvalue weighted by Crippen LogP contribution is -2.53. The predicted octanol–water partition coefficient (Wildman–Crippen LogP) is 0.538. The van der Waals surface area contributed by atoms with Crippen molar-refractivity contribution in [3.05, 3.63) is 0 Å². The third-order valence-corrected chi connectivity index (χ3v) is 2.28. The number of ether oxygens (including phenoxy) is 1. The van der Waals surface area contributed by atoms with Gasteiger partial charge in [-0.05, 0) is 13.8 Å². The first-order valence-electron chi connectivity index (χ1n) is 4.32. The van der Waals surface area contributed by atoms with Crippen LogP contribution >= 0.6 is 12.4 Å². The number of halogens is 1. The summed E-state index contributed by atoms with van der Waals surface area (Å²) in [5.74, 6) is -1.08. The minimum Gasteiger partial charge on any atom is -0.468 e. The third-order valence-electron chi connectivity index (χ3n) is 2.28. The van der Waals surface area contributed by atoms with Gasteiger partial charge < -0.3 is 10.1 Å². The van der Waals surface area contributed by atoms with Gasteiger partial charge >= 0.3 is 5.97 Å². The van der Waals surface area contributed by atoms with Crippen molar-refractivity contribution in [2.24, 2.45) is 5.92 Å². The van der Waals surface area contributed by atoms with Gasteiger partial charge in [0.25, 0.3) is 0 Å². The standard InChI is InChI=1S/C9H15NO3.ClH/c1-9(2)4-7(11)6(5-10-9)8(12)13-3;/h6,10H,4-5H2,1-3H3;1H. The van der Waals surface area contributed by atoms with Crippen molar-refractivity contribution in [3.8, 4) is 0 Å². The number of ketones is 1. The van der Waals surface area contributed by atoms with Crippen molar-refractivity contribution in [3.63, 3.8) is 0 Å². The lowest BCUT2D eigenvalue weighted by atomic mass is 9.86. The highest BCUT2D eigenvalue weighted by atomic mass is 35.5. The fraction of sp³-hybridized carbons (Fsp3) is 0.778. The van der Waals surface area contributed by atoms with Crippen LogP contribution in [0.2, 0.25) is 0 Å². The summed E-state index contributed by atoms with van der Waals surface area (Å²) >= 11 is 0. The van der Waals surface area contributed by atoms with Gasteiger partial charge in [0.15, 0.2) is 0 Å². The molecule has 1 saturated heterocycles. The minimum atomic E-state index is -0.613. The SMILES string of the molecule is COC(=O)C1CNC(C)(C)CC1=O.Cl. The Labute approximate surface area is 89.8 Å². The molecule has 82 valence electrons. The van der Waals surface area contributed by atoms with Gasteiger partial charge in [-0.1, -0.05) is 0 Å². The molecule has 0 bridgehead atoms. The largest absolute Gasteiger partial charge is 0.468 e. The summed E-state index contributed by atoms with van der Waals surface area (Å²) in [5, 5.41) is 3.13. The van der Waals surface area contributed by atoms with Crippen LogP contribution in [-0.4, -0.2) is 30.9 Å². The average Bonchev–Trinajstić information content (AvgIpc) is 2.01. The second kappa shape index (κ2) is 4.75. The van der Waals surface area contributed by atoms with Gasteiger partial charge in [0.1, 0.15) is 11.7 Å². The zero-order valence-electron chi connectivity index (χ0n) is 8.62. The Kier molecular flexibility index (Phi) is 4.55. The Hall–Kier alpha value is -0.610. The maximum absolute atomic E-state index is 11.5. The molecule has 0 aromatic heterocycles. The number of nitrogens with one attached hydrogen (secondary N) is 1. The molecule has 1 rings (SSSR count). The molecule has 0 spiro atoms. The van der Waals surface area contributed by atoms with Crippen molar-refractivity contribution in [2.75, 3.05) is 13.7 Å². The van der Waals surface area contributed by atoms with Crippen LogP contribution in [0.3, 0.4) is 0 Å². The molecule has 5 heteroatoms. The summed E-state index contributed by atoms with van der Waals surface area (Å²) < 4.78 is 4.53. The predicted molar refractivity (Wildman–Crippen MR) is 54.5 cm³/mol. The fourth-order valence-electron chi connectivity index (χ4n) is 1.47. The average molecular weight is 222 g/mol. The minimum absolute atomic E-state index is 0. The number of piperidine rings is 1. The first-order valence-corrected chi connectivity index (χ1v) is 4.32. The zero-order chi connectivity index (χ0) is 10.1. The van der Waals surface area contributed by atoms with Gasteiger partial charge in [-0.3, -0.25) is 9.59 Å². The second-order valence-corrected chi connectivity index (χ2v) is 3.98. The molecule has 1 N–H and O–H groups in total. The first-order chi connectivity index (χ1) is 5.96. The van der Waals surface area contributed by atoms with Crippen molar-refractivity contribution in [1.29, 1.82) is 0 Å². The van der Waals surface area contributed by atoms with E-state index in [1.165, 1.54) is 7.11 Å². The number of rotatable bonds is 1. The van der Waals surface area contributed by atoms with Crippen LogP contribution in [0.4, 0.5) is 0 Å². The van der Waals surface area contributed by atoms with E-state index in [9.17, 15) is 9.59 Å². The summed E-state index contributed by atoms with van der Waals surface area (Å²) in [4.78, 5) is 22.6. The molecule has 1 aliphatic rings. The fourth-order valence-corrected chi connectivity index (χ4v) is 1.47. The van der Waals surface area contributed by atoms with Crippen molar-refractivity contribution in [1.82, 2.24) is 5.32 Å². The second-order valence-electron chi connectivity index (χ2n) is 3.98. The van der Waals surface area contributed by atoms with Crippen LogP contribution in [0, 0.1) is 5.92 Å². The molecule has 0 aromatic carbocycles. The van der Waals surface area contributed by atoms with Crippen molar-refractivity contribution < 1.29 is 14.3 Å².